The van der Waals surface area contributed by atoms with Crippen LogP contribution in [0, 0.1) is 76.2 Å². The minimum absolute atomic E-state index is 0. The number of hydrogen-bond acceptors (Lipinski definition) is 16. The van der Waals surface area contributed by atoms with Gasteiger partial charge >= 0.3 is 0 Å². The van der Waals surface area contributed by atoms with E-state index in [1.165, 1.54) is 54.9 Å². The molecule has 4 aromatic carbocycles. The molecule has 0 aliphatic rings. The zero-order valence-electron chi connectivity index (χ0n) is 65.2. The summed E-state index contributed by atoms with van der Waals surface area (Å²) in [5.74, 6) is 0. The molecule has 20 heteroatoms. The molecular formula is C87H110Ir4N8O8. The van der Waals surface area contributed by atoms with Crippen molar-refractivity contribution >= 4 is 43.6 Å². The fourth-order valence-corrected chi connectivity index (χ4v) is 10.9. The van der Waals surface area contributed by atoms with E-state index in [-0.39, 0.29) is 129 Å². The van der Waals surface area contributed by atoms with Gasteiger partial charge in [0.2, 0.25) is 0 Å². The van der Waals surface area contributed by atoms with Crippen LogP contribution in [0.5, 0.6) is 0 Å². The van der Waals surface area contributed by atoms with Gasteiger partial charge in [0, 0.05) is 125 Å². The average Bonchev–Trinajstić information content (AvgIpc) is 0.821. The summed E-state index contributed by atoms with van der Waals surface area (Å²) >= 11 is 0. The molecule has 12 aromatic rings. The maximum atomic E-state index is 8.56. The van der Waals surface area contributed by atoms with Crippen LogP contribution in [0.1, 0.15) is 143 Å². The number of aromatic nitrogens is 8. The first-order valence-electron chi connectivity index (χ1n) is 35.3. The molecule has 0 amide bonds. The minimum atomic E-state index is -0.375. The summed E-state index contributed by atoms with van der Waals surface area (Å²) in [6.45, 7) is 36.0. The third-order valence-corrected chi connectivity index (χ3v) is 15.8. The molecule has 0 fully saturated rings. The number of aliphatic hydroxyl groups excluding tert-OH is 8. The molecule has 0 spiro atoms. The first kappa shape index (κ1) is 98.4. The first-order valence-corrected chi connectivity index (χ1v) is 35.3. The monoisotopic (exact) mass is 2170 g/mol. The predicted octanol–water partition coefficient (Wildman–Crippen LogP) is 17.1. The summed E-state index contributed by atoms with van der Waals surface area (Å²) in [7, 11) is 0. The van der Waals surface area contributed by atoms with Gasteiger partial charge in [0.25, 0.3) is 0 Å². The Bertz CT molecular complexity index is 4530. The molecule has 16 nitrogen and oxygen atoms in total. The van der Waals surface area contributed by atoms with Gasteiger partial charge in [-0.15, -0.1) is 0 Å². The molecule has 4 radical (unpaired) electrons. The van der Waals surface area contributed by atoms with E-state index in [0.29, 0.717) is 25.7 Å². The SMILES string of the molecule is CC(O)CC(C)O.CC(O)CC(C)O.CC(O)CC(C)O.CC(O)CC(C)O.Cc1cc(C)nc(-c2ccc3cc(C)ccc3n2)c1.Cc1ccc2nc(-c3ccc(C)c(C)n3)ccc2c1.Cc1ccc2nc(-c3nc(C)ccc3C)ccc2c1.Cc1ccc2nc(-c3ncccc3C)ccc2c1.[Ir].[Ir].[Ir].[Ir]. The second-order valence-electron chi connectivity index (χ2n) is 27.4. The van der Waals surface area contributed by atoms with Gasteiger partial charge < -0.3 is 40.9 Å². The minimum Gasteiger partial charge on any atom is -0.393 e. The number of benzene rings is 4. The fraction of sp³-hybridized carbons (Fsp3) is 0.356. The van der Waals surface area contributed by atoms with E-state index >= 15 is 0 Å². The van der Waals surface area contributed by atoms with Crippen LogP contribution in [-0.4, -0.2) is 130 Å². The summed E-state index contributed by atoms with van der Waals surface area (Å²) in [6.07, 6.45) is 0.698. The first-order chi connectivity index (χ1) is 48.6. The number of fused-ring (bicyclic) bond motifs is 4. The van der Waals surface area contributed by atoms with Gasteiger partial charge in [0.1, 0.15) is 0 Å². The molecule has 107 heavy (non-hydrogen) atoms. The second kappa shape index (κ2) is 49.5. The van der Waals surface area contributed by atoms with Crippen LogP contribution >= 0.6 is 0 Å². The third-order valence-electron chi connectivity index (χ3n) is 15.8. The molecule has 582 valence electrons. The van der Waals surface area contributed by atoms with Crippen LogP contribution in [0.15, 0.2) is 176 Å². The number of rotatable bonds is 12. The van der Waals surface area contributed by atoms with Crippen LogP contribution in [-0.2, 0) is 80.4 Å². The smallest absolute Gasteiger partial charge is 0.0918 e. The average molecular weight is 2160 g/mol. The van der Waals surface area contributed by atoms with Crippen molar-refractivity contribution in [2.45, 2.75) is 206 Å². The Morgan fingerprint density at radius 3 is 0.897 bits per heavy atom. The molecule has 0 bridgehead atoms. The molecule has 12 rings (SSSR count). The molecule has 0 saturated heterocycles. The Labute approximate surface area is 688 Å². The summed E-state index contributed by atoms with van der Waals surface area (Å²) in [5, 5.41) is 73.2. The van der Waals surface area contributed by atoms with Crippen LogP contribution in [0.3, 0.4) is 0 Å². The standard InChI is InChI=1S/3C17H16N2.C16H14N2.4C5H12O2.4Ir/c1-11-4-7-15-14(10-11)6-9-17(19-15)16-8-5-12(2)13(3)18-16;1-11-4-8-15-14(10-11)7-9-16(19-15)17-12(2)5-6-13(3)18-17;1-11-4-6-15-14(9-11)5-7-16(19-15)17-10-12(2)8-13(3)18-17;1-11-5-7-14-13(10-11)6-8-15(18-14)16-12(2)4-3-9-17-16;4*1-4(6)3-5(2)7;;;;/h3*4-10H,1-3H3;3-10H,1-2H3;4*4-7H,3H2,1-2H3;;;;. The van der Waals surface area contributed by atoms with E-state index in [1.54, 1.807) is 55.4 Å². The summed E-state index contributed by atoms with van der Waals surface area (Å²) in [4.78, 5) is 37.0. The van der Waals surface area contributed by atoms with Crippen molar-refractivity contribution < 1.29 is 121 Å². The van der Waals surface area contributed by atoms with Gasteiger partial charge in [-0.3, -0.25) is 19.9 Å². The maximum Gasteiger partial charge on any atom is 0.0918 e. The van der Waals surface area contributed by atoms with Crippen LogP contribution in [0.4, 0.5) is 0 Å². The predicted molar refractivity (Wildman–Crippen MR) is 424 cm³/mol. The molecule has 8 unspecified atom stereocenters. The van der Waals surface area contributed by atoms with Crippen molar-refractivity contribution in [2.24, 2.45) is 0 Å². The van der Waals surface area contributed by atoms with Crippen molar-refractivity contribution in [1.29, 1.82) is 0 Å². The van der Waals surface area contributed by atoms with Crippen molar-refractivity contribution in [3.8, 4) is 45.6 Å². The molecule has 0 aliphatic carbocycles. The van der Waals surface area contributed by atoms with Gasteiger partial charge in [0.15, 0.2) is 0 Å². The summed E-state index contributed by atoms with van der Waals surface area (Å²) in [5.41, 5.74) is 24.5. The van der Waals surface area contributed by atoms with Gasteiger partial charge in [-0.2, -0.15) is 0 Å². The topological polar surface area (TPSA) is 265 Å². The van der Waals surface area contributed by atoms with Gasteiger partial charge in [0.05, 0.1) is 116 Å². The summed E-state index contributed by atoms with van der Waals surface area (Å²) in [6, 6.07) is 58.3. The molecule has 8 atom stereocenters. The van der Waals surface area contributed by atoms with E-state index < -0.39 is 0 Å². The van der Waals surface area contributed by atoms with E-state index in [4.69, 9.17) is 55.8 Å². The molecule has 8 heterocycles. The zero-order valence-corrected chi connectivity index (χ0v) is 74.8. The number of nitrogens with zero attached hydrogens (tertiary/aromatic N) is 8. The van der Waals surface area contributed by atoms with Crippen LogP contribution in [0.25, 0.3) is 89.2 Å². The summed E-state index contributed by atoms with van der Waals surface area (Å²) < 4.78 is 0. The number of pyridine rings is 8. The quantitative estimate of drug-likeness (QED) is 0.0565. The van der Waals surface area contributed by atoms with Crippen molar-refractivity contribution in [2.75, 3.05) is 0 Å². The van der Waals surface area contributed by atoms with E-state index in [9.17, 15) is 0 Å². The van der Waals surface area contributed by atoms with Crippen LogP contribution < -0.4 is 0 Å². The molecular weight excluding hydrogens is 2050 g/mol. The maximum absolute atomic E-state index is 8.56. The van der Waals surface area contributed by atoms with Crippen molar-refractivity contribution in [3.05, 3.63) is 238 Å². The zero-order chi connectivity index (χ0) is 76.2. The van der Waals surface area contributed by atoms with Gasteiger partial charge in [-0.1, -0.05) is 89.0 Å². The Hall–Kier alpha value is -6.60. The van der Waals surface area contributed by atoms with Crippen LogP contribution in [0.2, 0.25) is 0 Å². The molecule has 0 saturated carbocycles. The molecule has 8 aromatic heterocycles. The Morgan fingerprint density at radius 1 is 0.252 bits per heavy atom. The van der Waals surface area contributed by atoms with E-state index in [0.717, 1.165) is 95.8 Å². The second-order valence-corrected chi connectivity index (χ2v) is 27.4. The number of aryl methyl sites for hydroxylation is 11. The van der Waals surface area contributed by atoms with E-state index in [2.05, 4.69) is 214 Å². The van der Waals surface area contributed by atoms with Gasteiger partial charge in [-0.05, 0) is 283 Å². The number of aliphatic hydroxyl groups is 8. The molecule has 0 aliphatic heterocycles. The normalized spacial score (nSPS) is 12.6. The van der Waals surface area contributed by atoms with E-state index in [1.807, 2.05) is 63.4 Å². The Morgan fingerprint density at radius 2 is 0.561 bits per heavy atom. The third kappa shape index (κ3) is 35.8. The molecule has 8 N–H and O–H groups in total. The number of hydrogen-bond donors (Lipinski definition) is 8. The van der Waals surface area contributed by atoms with Crippen molar-refractivity contribution in [3.63, 3.8) is 0 Å². The largest absolute Gasteiger partial charge is 0.393 e. The fourth-order valence-electron chi connectivity index (χ4n) is 10.9. The van der Waals surface area contributed by atoms with Crippen molar-refractivity contribution in [1.82, 2.24) is 39.9 Å². The van der Waals surface area contributed by atoms with Gasteiger partial charge in [-0.25, -0.2) is 19.9 Å². The Kier molecular flexibility index (Phi) is 45.5. The Balaban J connectivity index is 0.000000632.